The molecule has 33 heavy (non-hydrogen) atoms. The fourth-order valence-corrected chi connectivity index (χ4v) is 3.74. The van der Waals surface area contributed by atoms with Crippen LogP contribution in [0.3, 0.4) is 0 Å². The quantitative estimate of drug-likeness (QED) is 0.411. The van der Waals surface area contributed by atoms with E-state index in [1.165, 1.54) is 24.3 Å². The van der Waals surface area contributed by atoms with Crippen molar-refractivity contribution < 1.29 is 27.5 Å². The number of hydrogen-bond donors (Lipinski definition) is 2. The highest BCUT2D eigenvalue weighted by molar-refractivity contribution is 7.89. The van der Waals surface area contributed by atoms with Gasteiger partial charge in [0.2, 0.25) is 15.9 Å². The van der Waals surface area contributed by atoms with Gasteiger partial charge in [-0.1, -0.05) is 30.3 Å². The first-order valence-corrected chi connectivity index (χ1v) is 11.5. The van der Waals surface area contributed by atoms with E-state index in [4.69, 9.17) is 19.4 Å². The molecule has 0 radical (unpaired) electrons. The Kier molecular flexibility index (Phi) is 5.99. The third kappa shape index (κ3) is 4.94. The summed E-state index contributed by atoms with van der Waals surface area (Å²) in [6.45, 7) is 1.76. The summed E-state index contributed by atoms with van der Waals surface area (Å²) < 4.78 is 35.1. The fourth-order valence-electron chi connectivity index (χ4n) is 3.22. The maximum atomic E-state index is 11.6. The zero-order valence-electron chi connectivity index (χ0n) is 17.5. The van der Waals surface area contributed by atoms with Gasteiger partial charge in [-0.3, -0.25) is 0 Å². The molecule has 0 aliphatic rings. The Labute approximate surface area is 190 Å². The number of sulfonamides is 1. The van der Waals surface area contributed by atoms with Gasteiger partial charge in [0.1, 0.15) is 11.4 Å². The fraction of sp³-hybridized carbons (Fsp3) is 0.0833. The predicted molar refractivity (Wildman–Crippen MR) is 121 cm³/mol. The molecule has 0 bridgehead atoms. The third-order valence-electron chi connectivity index (χ3n) is 4.90. The molecular formula is C24H20N2O6S. The first-order chi connectivity index (χ1) is 15.7. The van der Waals surface area contributed by atoms with Gasteiger partial charge < -0.3 is 14.3 Å². The number of nitrogens with two attached hydrogens (primary N) is 1. The van der Waals surface area contributed by atoms with Crippen LogP contribution in [0.1, 0.15) is 29.3 Å². The van der Waals surface area contributed by atoms with Gasteiger partial charge in [0, 0.05) is 11.1 Å². The van der Waals surface area contributed by atoms with Crippen LogP contribution in [-0.4, -0.2) is 24.5 Å². The van der Waals surface area contributed by atoms with Crippen molar-refractivity contribution in [2.75, 3.05) is 0 Å². The van der Waals surface area contributed by atoms with E-state index in [-0.39, 0.29) is 10.5 Å². The number of oxazole rings is 1. The number of hydrogen-bond acceptors (Lipinski definition) is 6. The van der Waals surface area contributed by atoms with E-state index in [0.29, 0.717) is 28.7 Å². The number of aromatic nitrogens is 1. The van der Waals surface area contributed by atoms with Crippen molar-refractivity contribution in [3.8, 4) is 28.3 Å². The van der Waals surface area contributed by atoms with Gasteiger partial charge in [0.05, 0.1) is 10.5 Å². The summed E-state index contributed by atoms with van der Waals surface area (Å²) in [6.07, 6.45) is -0.583. The lowest BCUT2D eigenvalue weighted by atomic mass is 10.1. The van der Waals surface area contributed by atoms with Crippen LogP contribution in [0.25, 0.3) is 22.6 Å². The van der Waals surface area contributed by atoms with Crippen LogP contribution in [0.5, 0.6) is 5.75 Å². The summed E-state index contributed by atoms with van der Waals surface area (Å²) in [5.74, 6) is 0.203. The Hall–Kier alpha value is -3.95. The lowest BCUT2D eigenvalue weighted by molar-refractivity contribution is 0.0696. The number of carbonyl (C=O) groups is 1. The van der Waals surface area contributed by atoms with Gasteiger partial charge in [0.15, 0.2) is 11.9 Å². The molecular weight excluding hydrogens is 444 g/mol. The molecule has 0 fully saturated rings. The first-order valence-electron chi connectivity index (χ1n) is 9.92. The van der Waals surface area contributed by atoms with E-state index in [1.54, 1.807) is 31.2 Å². The maximum absolute atomic E-state index is 11.6. The molecule has 4 rings (SSSR count). The average molecular weight is 464 g/mol. The molecule has 1 heterocycles. The standard InChI is InChI=1S/C24H20N2O6S/c1-15(31-19-11-7-18(8-12-19)24(27)28)23-26-21(16-5-3-2-4-6-16)22(32-23)17-9-13-20(14-10-17)33(25,29)30/h2-15H,1H3,(H,27,28)(H2,25,29,30). The van der Waals surface area contributed by atoms with Crippen molar-refractivity contribution in [1.82, 2.24) is 4.98 Å². The average Bonchev–Trinajstić information content (AvgIpc) is 3.25. The summed E-state index contributed by atoms with van der Waals surface area (Å²) in [5.41, 5.74) is 2.17. The van der Waals surface area contributed by atoms with Gasteiger partial charge in [-0.25, -0.2) is 23.3 Å². The summed E-state index contributed by atoms with van der Waals surface area (Å²) in [6, 6.07) is 21.5. The van der Waals surface area contributed by atoms with Crippen LogP contribution in [0.15, 0.2) is 88.2 Å². The number of carboxylic acid groups (broad SMARTS) is 1. The van der Waals surface area contributed by atoms with Gasteiger partial charge in [-0.15, -0.1) is 0 Å². The molecule has 0 saturated carbocycles. The number of rotatable bonds is 7. The minimum atomic E-state index is -3.82. The van der Waals surface area contributed by atoms with E-state index in [0.717, 1.165) is 5.56 Å². The number of primary sulfonamides is 1. The normalized spacial score (nSPS) is 12.3. The Bertz CT molecular complexity index is 1380. The number of aromatic carboxylic acids is 1. The predicted octanol–water partition coefficient (Wildman–Crippen LogP) is 4.49. The SMILES string of the molecule is CC(Oc1ccc(C(=O)O)cc1)c1nc(-c2ccccc2)c(-c2ccc(S(N)(=O)=O)cc2)o1. The van der Waals surface area contributed by atoms with Gasteiger partial charge >= 0.3 is 5.97 Å². The molecule has 0 spiro atoms. The van der Waals surface area contributed by atoms with Crippen molar-refractivity contribution >= 4 is 16.0 Å². The number of nitrogens with zero attached hydrogens (tertiary/aromatic N) is 1. The van der Waals surface area contributed by atoms with Crippen LogP contribution < -0.4 is 9.88 Å². The van der Waals surface area contributed by atoms with E-state index >= 15 is 0 Å². The Balaban J connectivity index is 1.70. The molecule has 8 nitrogen and oxygen atoms in total. The number of carboxylic acids is 1. The number of ether oxygens (including phenoxy) is 1. The van der Waals surface area contributed by atoms with E-state index < -0.39 is 22.1 Å². The molecule has 3 N–H and O–H groups in total. The van der Waals surface area contributed by atoms with Crippen LogP contribution in [0, 0.1) is 0 Å². The molecule has 168 valence electrons. The smallest absolute Gasteiger partial charge is 0.335 e. The second-order valence-corrected chi connectivity index (χ2v) is 8.82. The lowest BCUT2D eigenvalue weighted by Crippen LogP contribution is -2.11. The van der Waals surface area contributed by atoms with E-state index in [1.807, 2.05) is 30.3 Å². The second-order valence-electron chi connectivity index (χ2n) is 7.25. The lowest BCUT2D eigenvalue weighted by Gasteiger charge is -2.11. The Morgan fingerprint density at radius 3 is 2.18 bits per heavy atom. The van der Waals surface area contributed by atoms with Crippen molar-refractivity contribution in [2.24, 2.45) is 5.14 Å². The Morgan fingerprint density at radius 2 is 1.61 bits per heavy atom. The minimum Gasteiger partial charge on any atom is -0.481 e. The van der Waals surface area contributed by atoms with Gasteiger partial charge in [0.25, 0.3) is 0 Å². The molecule has 9 heteroatoms. The zero-order chi connectivity index (χ0) is 23.6. The first kappa shape index (κ1) is 22.3. The van der Waals surface area contributed by atoms with Crippen molar-refractivity contribution in [3.63, 3.8) is 0 Å². The topological polar surface area (TPSA) is 133 Å². The van der Waals surface area contributed by atoms with Gasteiger partial charge in [-0.2, -0.15) is 0 Å². The monoisotopic (exact) mass is 464 g/mol. The van der Waals surface area contributed by atoms with Crippen molar-refractivity contribution in [1.29, 1.82) is 0 Å². The van der Waals surface area contributed by atoms with Crippen molar-refractivity contribution in [2.45, 2.75) is 17.9 Å². The summed E-state index contributed by atoms with van der Waals surface area (Å²) in [4.78, 5) is 15.7. The zero-order valence-corrected chi connectivity index (χ0v) is 18.3. The molecule has 4 aromatic rings. The summed E-state index contributed by atoms with van der Waals surface area (Å²) in [7, 11) is -3.82. The number of benzene rings is 3. The molecule has 1 atom stereocenters. The van der Waals surface area contributed by atoms with Crippen molar-refractivity contribution in [3.05, 3.63) is 90.3 Å². The minimum absolute atomic E-state index is 0.00578. The van der Waals surface area contributed by atoms with Crippen LogP contribution >= 0.6 is 0 Å². The van der Waals surface area contributed by atoms with E-state index in [9.17, 15) is 13.2 Å². The molecule has 0 aliphatic carbocycles. The largest absolute Gasteiger partial charge is 0.481 e. The second kappa shape index (κ2) is 8.89. The molecule has 1 unspecified atom stereocenters. The molecule has 1 aromatic heterocycles. The third-order valence-corrected chi connectivity index (χ3v) is 5.83. The summed E-state index contributed by atoms with van der Waals surface area (Å²) in [5, 5.41) is 14.2. The molecule has 3 aromatic carbocycles. The van der Waals surface area contributed by atoms with Gasteiger partial charge in [-0.05, 0) is 55.5 Å². The highest BCUT2D eigenvalue weighted by Gasteiger charge is 2.22. The molecule has 0 aliphatic heterocycles. The van der Waals surface area contributed by atoms with Crippen LogP contribution in [0.4, 0.5) is 0 Å². The Morgan fingerprint density at radius 1 is 0.970 bits per heavy atom. The maximum Gasteiger partial charge on any atom is 0.335 e. The molecule has 0 saturated heterocycles. The molecule has 0 amide bonds. The van der Waals surface area contributed by atoms with Crippen LogP contribution in [-0.2, 0) is 10.0 Å². The summed E-state index contributed by atoms with van der Waals surface area (Å²) >= 11 is 0. The highest BCUT2D eigenvalue weighted by atomic mass is 32.2. The van der Waals surface area contributed by atoms with E-state index in [2.05, 4.69) is 4.98 Å². The van der Waals surface area contributed by atoms with Crippen LogP contribution in [0.2, 0.25) is 0 Å². The highest BCUT2D eigenvalue weighted by Crippen LogP contribution is 2.35.